The van der Waals surface area contributed by atoms with Gasteiger partial charge in [-0.2, -0.15) is 0 Å². The molecule has 0 aliphatic heterocycles. The van der Waals surface area contributed by atoms with E-state index in [-0.39, 0.29) is 23.6 Å². The summed E-state index contributed by atoms with van der Waals surface area (Å²) in [6.45, 7) is 1.94. The predicted molar refractivity (Wildman–Crippen MR) is 96.2 cm³/mol. The van der Waals surface area contributed by atoms with Crippen molar-refractivity contribution in [3.05, 3.63) is 53.6 Å². The van der Waals surface area contributed by atoms with Crippen LogP contribution in [0.15, 0.2) is 47.4 Å². The Morgan fingerprint density at radius 1 is 1.04 bits per heavy atom. The SMILES string of the molecule is COC(=O)c1cc(S(=O)(=O)NCCOc2ccc(OC)cc2)ccc1C. The lowest BCUT2D eigenvalue weighted by molar-refractivity contribution is 0.0599. The van der Waals surface area contributed by atoms with Gasteiger partial charge in [-0.05, 0) is 48.9 Å². The molecule has 0 aliphatic carbocycles. The van der Waals surface area contributed by atoms with Gasteiger partial charge in [-0.3, -0.25) is 0 Å². The van der Waals surface area contributed by atoms with Crippen LogP contribution in [0.4, 0.5) is 0 Å². The third kappa shape index (κ3) is 4.96. The summed E-state index contributed by atoms with van der Waals surface area (Å²) in [5.74, 6) is 0.731. The van der Waals surface area contributed by atoms with Gasteiger partial charge in [0.2, 0.25) is 10.0 Å². The number of nitrogens with one attached hydrogen (secondary N) is 1. The highest BCUT2D eigenvalue weighted by molar-refractivity contribution is 7.89. The standard InChI is InChI=1S/C18H21NO6S/c1-13-4-9-16(12-17(13)18(20)24-3)26(21,22)19-10-11-25-15-7-5-14(23-2)6-8-15/h4-9,12,19H,10-11H2,1-3H3. The average Bonchev–Trinajstić information content (AvgIpc) is 2.65. The molecule has 2 aromatic rings. The molecule has 0 spiro atoms. The fourth-order valence-corrected chi connectivity index (χ4v) is 3.24. The van der Waals surface area contributed by atoms with Gasteiger partial charge in [0.1, 0.15) is 18.1 Å². The normalized spacial score (nSPS) is 11.0. The van der Waals surface area contributed by atoms with E-state index in [1.54, 1.807) is 44.4 Å². The summed E-state index contributed by atoms with van der Waals surface area (Å²) in [7, 11) is -0.946. The zero-order chi connectivity index (χ0) is 19.2. The van der Waals surface area contributed by atoms with Crippen LogP contribution in [0.25, 0.3) is 0 Å². The molecule has 0 heterocycles. The summed E-state index contributed by atoms with van der Waals surface area (Å²) < 4.78 is 42.4. The number of carbonyl (C=O) groups excluding carboxylic acids is 1. The van der Waals surface area contributed by atoms with Gasteiger partial charge in [-0.15, -0.1) is 0 Å². The van der Waals surface area contributed by atoms with E-state index in [9.17, 15) is 13.2 Å². The molecular weight excluding hydrogens is 358 g/mol. The first kappa shape index (κ1) is 19.7. The van der Waals surface area contributed by atoms with E-state index >= 15 is 0 Å². The first-order valence-electron chi connectivity index (χ1n) is 7.83. The van der Waals surface area contributed by atoms with Crippen molar-refractivity contribution < 1.29 is 27.4 Å². The molecule has 8 heteroatoms. The van der Waals surface area contributed by atoms with E-state index in [4.69, 9.17) is 9.47 Å². The molecule has 2 rings (SSSR count). The summed E-state index contributed by atoms with van der Waals surface area (Å²) in [5.41, 5.74) is 0.850. The Kier molecular flexibility index (Phi) is 6.59. The Hall–Kier alpha value is -2.58. The lowest BCUT2D eigenvalue weighted by Gasteiger charge is -2.11. The monoisotopic (exact) mass is 379 g/mol. The number of carbonyl (C=O) groups is 1. The van der Waals surface area contributed by atoms with Crippen molar-refractivity contribution >= 4 is 16.0 Å². The van der Waals surface area contributed by atoms with Crippen molar-refractivity contribution in [2.24, 2.45) is 0 Å². The molecule has 0 saturated carbocycles. The second kappa shape index (κ2) is 8.68. The van der Waals surface area contributed by atoms with Crippen LogP contribution < -0.4 is 14.2 Å². The number of ether oxygens (including phenoxy) is 3. The smallest absolute Gasteiger partial charge is 0.338 e. The van der Waals surface area contributed by atoms with E-state index in [0.29, 0.717) is 17.1 Å². The minimum absolute atomic E-state index is 0.00653. The minimum Gasteiger partial charge on any atom is -0.497 e. The number of sulfonamides is 1. The van der Waals surface area contributed by atoms with Crippen molar-refractivity contribution in [1.82, 2.24) is 4.72 Å². The number of aryl methyl sites for hydroxylation is 1. The van der Waals surface area contributed by atoms with Gasteiger partial charge in [0.25, 0.3) is 0 Å². The highest BCUT2D eigenvalue weighted by Crippen LogP contribution is 2.18. The highest BCUT2D eigenvalue weighted by Gasteiger charge is 2.18. The largest absolute Gasteiger partial charge is 0.497 e. The second-order valence-corrected chi connectivity index (χ2v) is 7.16. The number of esters is 1. The third-order valence-electron chi connectivity index (χ3n) is 3.65. The van der Waals surface area contributed by atoms with Crippen molar-refractivity contribution in [2.75, 3.05) is 27.4 Å². The number of benzene rings is 2. The van der Waals surface area contributed by atoms with Crippen LogP contribution in [-0.2, 0) is 14.8 Å². The zero-order valence-corrected chi connectivity index (χ0v) is 15.6. The van der Waals surface area contributed by atoms with Crippen LogP contribution in [-0.4, -0.2) is 41.8 Å². The first-order chi connectivity index (χ1) is 12.4. The molecule has 0 aliphatic rings. The van der Waals surface area contributed by atoms with E-state index < -0.39 is 16.0 Å². The third-order valence-corrected chi connectivity index (χ3v) is 5.11. The van der Waals surface area contributed by atoms with Crippen LogP contribution in [0.3, 0.4) is 0 Å². The van der Waals surface area contributed by atoms with Gasteiger partial charge in [0.05, 0.1) is 24.7 Å². The molecule has 7 nitrogen and oxygen atoms in total. The van der Waals surface area contributed by atoms with Gasteiger partial charge in [-0.1, -0.05) is 6.07 Å². The Morgan fingerprint density at radius 2 is 1.69 bits per heavy atom. The summed E-state index contributed by atoms with van der Waals surface area (Å²) in [5, 5.41) is 0. The molecule has 0 saturated heterocycles. The van der Waals surface area contributed by atoms with Crippen LogP contribution in [0.2, 0.25) is 0 Å². The van der Waals surface area contributed by atoms with Gasteiger partial charge in [0, 0.05) is 6.54 Å². The predicted octanol–water partition coefficient (Wildman–Crippen LogP) is 2.15. The summed E-state index contributed by atoms with van der Waals surface area (Å²) >= 11 is 0. The van der Waals surface area contributed by atoms with Gasteiger partial charge < -0.3 is 14.2 Å². The Labute approximate surface area is 152 Å². The minimum atomic E-state index is -3.76. The Balaban J connectivity index is 1.97. The summed E-state index contributed by atoms with van der Waals surface area (Å²) in [6.07, 6.45) is 0. The first-order valence-corrected chi connectivity index (χ1v) is 9.31. The van der Waals surface area contributed by atoms with E-state index in [2.05, 4.69) is 9.46 Å². The number of hydrogen-bond acceptors (Lipinski definition) is 6. The second-order valence-electron chi connectivity index (χ2n) is 5.39. The maximum Gasteiger partial charge on any atom is 0.338 e. The van der Waals surface area contributed by atoms with Crippen LogP contribution >= 0.6 is 0 Å². The molecule has 0 bridgehead atoms. The molecule has 0 amide bonds. The molecule has 2 aromatic carbocycles. The maximum absolute atomic E-state index is 12.4. The summed E-state index contributed by atoms with van der Waals surface area (Å²) in [4.78, 5) is 11.7. The molecule has 0 unspecified atom stereocenters. The summed E-state index contributed by atoms with van der Waals surface area (Å²) in [6, 6.07) is 11.3. The molecule has 0 atom stereocenters. The maximum atomic E-state index is 12.4. The molecule has 140 valence electrons. The molecule has 0 fully saturated rings. The van der Waals surface area contributed by atoms with Crippen LogP contribution in [0.1, 0.15) is 15.9 Å². The molecule has 26 heavy (non-hydrogen) atoms. The fourth-order valence-electron chi connectivity index (χ4n) is 2.20. The van der Waals surface area contributed by atoms with E-state index in [1.165, 1.54) is 19.2 Å². The van der Waals surface area contributed by atoms with Gasteiger partial charge in [0.15, 0.2) is 0 Å². The van der Waals surface area contributed by atoms with E-state index in [0.717, 1.165) is 0 Å². The number of hydrogen-bond donors (Lipinski definition) is 1. The van der Waals surface area contributed by atoms with Crippen molar-refractivity contribution in [2.45, 2.75) is 11.8 Å². The van der Waals surface area contributed by atoms with Crippen molar-refractivity contribution in [3.8, 4) is 11.5 Å². The molecule has 1 N–H and O–H groups in total. The fraction of sp³-hybridized carbons (Fsp3) is 0.278. The Bertz CT molecular complexity index is 862. The molecular formula is C18H21NO6S. The van der Waals surface area contributed by atoms with Crippen LogP contribution in [0, 0.1) is 6.92 Å². The lowest BCUT2D eigenvalue weighted by atomic mass is 10.1. The number of rotatable bonds is 8. The van der Waals surface area contributed by atoms with Crippen LogP contribution in [0.5, 0.6) is 11.5 Å². The van der Waals surface area contributed by atoms with Crippen molar-refractivity contribution in [3.63, 3.8) is 0 Å². The molecule has 0 aromatic heterocycles. The highest BCUT2D eigenvalue weighted by atomic mass is 32.2. The van der Waals surface area contributed by atoms with Gasteiger partial charge in [-0.25, -0.2) is 17.9 Å². The van der Waals surface area contributed by atoms with Crippen molar-refractivity contribution in [1.29, 1.82) is 0 Å². The van der Waals surface area contributed by atoms with Gasteiger partial charge >= 0.3 is 5.97 Å². The number of methoxy groups -OCH3 is 2. The molecule has 0 radical (unpaired) electrons. The average molecular weight is 379 g/mol. The van der Waals surface area contributed by atoms with E-state index in [1.807, 2.05) is 0 Å². The topological polar surface area (TPSA) is 90.9 Å². The zero-order valence-electron chi connectivity index (χ0n) is 14.8. The quantitative estimate of drug-likeness (QED) is 0.558. The Morgan fingerprint density at radius 3 is 2.31 bits per heavy atom. The lowest BCUT2D eigenvalue weighted by Crippen LogP contribution is -2.28.